The number of aromatic nitrogens is 2. The molecule has 0 radical (unpaired) electrons. The lowest BCUT2D eigenvalue weighted by Gasteiger charge is -2.16. The Balaban J connectivity index is 1.83. The summed E-state index contributed by atoms with van der Waals surface area (Å²) in [7, 11) is 1.40. The summed E-state index contributed by atoms with van der Waals surface area (Å²) in [5.41, 5.74) is 3.87. The molecule has 0 spiro atoms. The van der Waals surface area contributed by atoms with E-state index in [0.717, 1.165) is 29.0 Å². The number of hydrogen-bond acceptors (Lipinski definition) is 3. The zero-order valence-electron chi connectivity index (χ0n) is 18.7. The second-order valence-corrected chi connectivity index (χ2v) is 8.17. The van der Waals surface area contributed by atoms with Gasteiger partial charge in [-0.3, -0.25) is 14.0 Å². The van der Waals surface area contributed by atoms with E-state index in [0.29, 0.717) is 37.0 Å². The maximum Gasteiger partial charge on any atom is 0.251 e. The number of hydrogen-bond donors (Lipinski definition) is 1. The molecule has 1 saturated carbocycles. The van der Waals surface area contributed by atoms with Gasteiger partial charge in [0.2, 0.25) is 5.91 Å². The van der Waals surface area contributed by atoms with Crippen molar-refractivity contribution in [2.24, 2.45) is 4.99 Å². The van der Waals surface area contributed by atoms with Crippen LogP contribution in [-0.4, -0.2) is 34.0 Å². The molecule has 1 aliphatic carbocycles. The number of carbonyl (C=O) groups is 2. The van der Waals surface area contributed by atoms with Crippen molar-refractivity contribution < 1.29 is 18.4 Å². The highest BCUT2D eigenvalue weighted by Gasteiger charge is 2.23. The van der Waals surface area contributed by atoms with Crippen LogP contribution in [0.3, 0.4) is 0 Å². The first-order valence-corrected chi connectivity index (χ1v) is 10.7. The topological polar surface area (TPSA) is 75.8 Å². The van der Waals surface area contributed by atoms with E-state index in [1.54, 1.807) is 4.40 Å². The van der Waals surface area contributed by atoms with Crippen molar-refractivity contribution in [1.29, 1.82) is 0 Å². The van der Waals surface area contributed by atoms with Gasteiger partial charge in [0.25, 0.3) is 5.91 Å². The number of aliphatic imine (C=N–C) groups is 1. The van der Waals surface area contributed by atoms with Crippen molar-refractivity contribution in [3.63, 3.8) is 0 Å². The van der Waals surface area contributed by atoms with E-state index in [1.165, 1.54) is 14.0 Å². The zero-order chi connectivity index (χ0) is 23.7. The van der Waals surface area contributed by atoms with Crippen LogP contribution in [0.4, 0.5) is 8.78 Å². The number of fused-ring (bicyclic) bond motifs is 1. The molecule has 1 fully saturated rings. The Kier molecular flexibility index (Phi) is 6.18. The van der Waals surface area contributed by atoms with Crippen LogP contribution in [-0.2, 0) is 4.79 Å². The summed E-state index contributed by atoms with van der Waals surface area (Å²) in [5.74, 6) is -2.48. The molecular weight excluding hydrogens is 426 g/mol. The first-order valence-electron chi connectivity index (χ1n) is 10.7. The quantitative estimate of drug-likeness (QED) is 0.617. The van der Waals surface area contributed by atoms with Crippen molar-refractivity contribution >= 4 is 29.2 Å². The van der Waals surface area contributed by atoms with Crippen molar-refractivity contribution in [2.45, 2.75) is 39.5 Å². The molecular formula is C25H24F2N4O2. The van der Waals surface area contributed by atoms with Crippen LogP contribution in [0.5, 0.6) is 0 Å². The number of amides is 2. The van der Waals surface area contributed by atoms with E-state index in [2.05, 4.69) is 15.3 Å². The first kappa shape index (κ1) is 22.5. The van der Waals surface area contributed by atoms with E-state index >= 15 is 8.78 Å². The molecule has 170 valence electrons. The van der Waals surface area contributed by atoms with Gasteiger partial charge in [-0.1, -0.05) is 5.57 Å². The van der Waals surface area contributed by atoms with Crippen LogP contribution in [0.15, 0.2) is 41.0 Å². The smallest absolute Gasteiger partial charge is 0.251 e. The molecule has 0 bridgehead atoms. The number of aryl methyl sites for hydroxylation is 1. The van der Waals surface area contributed by atoms with Gasteiger partial charge in [0.15, 0.2) is 0 Å². The Hall–Kier alpha value is -3.68. The number of halogens is 2. The maximum atomic E-state index is 15.1. The second-order valence-electron chi connectivity index (χ2n) is 8.17. The van der Waals surface area contributed by atoms with Gasteiger partial charge in [-0.2, -0.15) is 0 Å². The fourth-order valence-electron chi connectivity index (χ4n) is 4.09. The summed E-state index contributed by atoms with van der Waals surface area (Å²) in [4.78, 5) is 31.7. The van der Waals surface area contributed by atoms with Gasteiger partial charge < -0.3 is 5.32 Å². The Morgan fingerprint density at radius 3 is 2.39 bits per heavy atom. The van der Waals surface area contributed by atoms with Crippen molar-refractivity contribution in [1.82, 2.24) is 14.7 Å². The van der Waals surface area contributed by atoms with Crippen molar-refractivity contribution in [3.8, 4) is 11.3 Å². The van der Waals surface area contributed by atoms with Crippen molar-refractivity contribution in [2.75, 3.05) is 7.05 Å². The van der Waals surface area contributed by atoms with Crippen LogP contribution in [0.25, 0.3) is 23.0 Å². The maximum absolute atomic E-state index is 15.1. The molecule has 1 aromatic carbocycles. The average molecular weight is 450 g/mol. The Morgan fingerprint density at radius 1 is 1.12 bits per heavy atom. The zero-order valence-corrected chi connectivity index (χ0v) is 18.7. The summed E-state index contributed by atoms with van der Waals surface area (Å²) in [6, 6.07) is 5.79. The summed E-state index contributed by atoms with van der Waals surface area (Å²) >= 11 is 0. The molecule has 4 rings (SSSR count). The third-order valence-corrected chi connectivity index (χ3v) is 5.71. The minimum atomic E-state index is -0.854. The minimum absolute atomic E-state index is 0.0969. The lowest BCUT2D eigenvalue weighted by Crippen LogP contribution is -2.18. The minimum Gasteiger partial charge on any atom is -0.355 e. The predicted octanol–water partition coefficient (Wildman–Crippen LogP) is 4.89. The van der Waals surface area contributed by atoms with Gasteiger partial charge in [-0.05, 0) is 68.5 Å². The number of carbonyl (C=O) groups excluding carboxylic acids is 2. The highest BCUT2D eigenvalue weighted by Crippen LogP contribution is 2.33. The van der Waals surface area contributed by atoms with E-state index in [-0.39, 0.29) is 22.7 Å². The van der Waals surface area contributed by atoms with E-state index in [1.807, 2.05) is 31.3 Å². The molecule has 1 aliphatic rings. The van der Waals surface area contributed by atoms with Crippen LogP contribution in [0.2, 0.25) is 0 Å². The van der Waals surface area contributed by atoms with Crippen LogP contribution < -0.4 is 5.32 Å². The Bertz CT molecular complexity index is 1300. The normalized spacial score (nSPS) is 13.8. The monoisotopic (exact) mass is 450 g/mol. The predicted molar refractivity (Wildman–Crippen MR) is 123 cm³/mol. The number of benzene rings is 1. The van der Waals surface area contributed by atoms with Crippen LogP contribution >= 0.6 is 0 Å². The number of allylic oxidation sites excluding steroid dienone is 1. The molecule has 0 unspecified atom stereocenters. The fraction of sp³-hybridized carbons (Fsp3) is 0.280. The molecule has 6 nitrogen and oxygen atoms in total. The lowest BCUT2D eigenvalue weighted by atomic mass is 9.92. The molecule has 0 aliphatic heterocycles. The third kappa shape index (κ3) is 4.60. The van der Waals surface area contributed by atoms with Gasteiger partial charge in [0.1, 0.15) is 23.0 Å². The molecule has 8 heteroatoms. The molecule has 33 heavy (non-hydrogen) atoms. The lowest BCUT2D eigenvalue weighted by molar-refractivity contribution is -0.115. The van der Waals surface area contributed by atoms with Crippen molar-refractivity contribution in [3.05, 3.63) is 64.5 Å². The summed E-state index contributed by atoms with van der Waals surface area (Å²) < 4.78 is 32.0. The largest absolute Gasteiger partial charge is 0.355 e. The third-order valence-electron chi connectivity index (χ3n) is 5.71. The van der Waals surface area contributed by atoms with E-state index < -0.39 is 17.5 Å². The molecule has 1 N–H and O–H groups in total. The first-order chi connectivity index (χ1) is 15.8. The summed E-state index contributed by atoms with van der Waals surface area (Å²) in [6.07, 6.45) is 6.48. The van der Waals surface area contributed by atoms with Gasteiger partial charge >= 0.3 is 0 Å². The van der Waals surface area contributed by atoms with Crippen LogP contribution in [0, 0.1) is 18.6 Å². The standard InChI is InChI=1S/C25H24F2N4O2/c1-14-8-9-31-21(11-16-4-6-18(7-5-16)29-15(2)32)24(30-22(31)10-14)23-19(26)12-17(13-20(23)27)25(33)28-3/h8-13H,4-7H2,1-3H3,(H,28,33). The molecule has 3 aromatic rings. The van der Waals surface area contributed by atoms with Crippen LogP contribution in [0.1, 0.15) is 54.2 Å². The number of pyridine rings is 1. The Morgan fingerprint density at radius 2 is 1.79 bits per heavy atom. The number of rotatable bonds is 3. The molecule has 2 aromatic heterocycles. The van der Waals surface area contributed by atoms with Gasteiger partial charge in [0.05, 0.1) is 11.3 Å². The highest BCUT2D eigenvalue weighted by molar-refractivity contribution is 5.96. The second kappa shape index (κ2) is 9.05. The van der Waals surface area contributed by atoms with E-state index in [4.69, 9.17) is 0 Å². The van der Waals surface area contributed by atoms with E-state index in [9.17, 15) is 9.59 Å². The number of nitrogens with zero attached hydrogens (tertiary/aromatic N) is 3. The van der Waals surface area contributed by atoms with Gasteiger partial charge in [0, 0.05) is 31.4 Å². The SMILES string of the molecule is CNC(=O)c1cc(F)c(-c2nc3cc(C)ccn3c2C=C2CCC(=NC(C)=O)CC2)c(F)c1. The van der Waals surface area contributed by atoms with Gasteiger partial charge in [-0.25, -0.2) is 18.8 Å². The Labute approximate surface area is 190 Å². The summed E-state index contributed by atoms with van der Waals surface area (Å²) in [5, 5.41) is 2.37. The molecule has 0 saturated heterocycles. The van der Waals surface area contributed by atoms with Gasteiger partial charge in [-0.15, -0.1) is 0 Å². The fourth-order valence-corrected chi connectivity index (χ4v) is 4.09. The molecule has 0 atom stereocenters. The molecule has 2 amide bonds. The number of imidazole rings is 1. The molecule has 2 heterocycles. The average Bonchev–Trinajstić information content (AvgIpc) is 3.10. The summed E-state index contributed by atoms with van der Waals surface area (Å²) in [6.45, 7) is 3.35. The number of nitrogens with one attached hydrogen (secondary N) is 1. The highest BCUT2D eigenvalue weighted by atomic mass is 19.1.